The van der Waals surface area contributed by atoms with Gasteiger partial charge in [0.15, 0.2) is 0 Å². The highest BCUT2D eigenvalue weighted by Gasteiger charge is 2.65. The molecule has 3 N–H and O–H groups in total. The van der Waals surface area contributed by atoms with Crippen LogP contribution in [0.5, 0.6) is 5.75 Å². The fourth-order valence-corrected chi connectivity index (χ4v) is 4.95. The number of carbonyl (C=O) groups is 2. The number of benzene rings is 1. The number of primary amides is 1. The topological polar surface area (TPSA) is 84.7 Å². The van der Waals surface area contributed by atoms with Crippen LogP contribution in [0, 0.1) is 16.7 Å². The number of nitrogens with two attached hydrogens (primary N) is 1. The van der Waals surface area contributed by atoms with Crippen molar-refractivity contribution >= 4 is 11.8 Å². The van der Waals surface area contributed by atoms with Crippen LogP contribution in [0.25, 0.3) is 0 Å². The van der Waals surface area contributed by atoms with E-state index in [0.717, 1.165) is 30.7 Å². The minimum atomic E-state index is -0.443. The lowest BCUT2D eigenvalue weighted by Crippen LogP contribution is -2.59. The Hall–Kier alpha value is -2.08. The van der Waals surface area contributed by atoms with Crippen molar-refractivity contribution in [2.24, 2.45) is 22.5 Å². The molecule has 1 heterocycles. The monoisotopic (exact) mass is 359 g/mol. The van der Waals surface area contributed by atoms with Gasteiger partial charge in [-0.15, -0.1) is 0 Å². The second-order valence-corrected chi connectivity index (χ2v) is 8.32. The number of methoxy groups -OCH3 is 1. The molecule has 1 saturated carbocycles. The normalized spacial score (nSPS) is 26.7. The van der Waals surface area contributed by atoms with Crippen LogP contribution < -0.4 is 15.8 Å². The van der Waals surface area contributed by atoms with E-state index in [0.29, 0.717) is 19.6 Å². The highest BCUT2D eigenvalue weighted by atomic mass is 16.5. The van der Waals surface area contributed by atoms with Gasteiger partial charge in [-0.3, -0.25) is 14.5 Å². The Morgan fingerprint density at radius 3 is 2.69 bits per heavy atom. The van der Waals surface area contributed by atoms with Gasteiger partial charge in [-0.25, -0.2) is 0 Å². The maximum atomic E-state index is 12.3. The number of para-hydroxylation sites is 1. The maximum Gasteiger partial charge on any atom is 0.234 e. The van der Waals surface area contributed by atoms with Gasteiger partial charge in [-0.2, -0.15) is 0 Å². The average Bonchev–Trinajstić information content (AvgIpc) is 2.90. The summed E-state index contributed by atoms with van der Waals surface area (Å²) in [5.41, 5.74) is 6.43. The second kappa shape index (κ2) is 6.91. The molecular weight excluding hydrogens is 330 g/mol. The fraction of sp³-hybridized carbons (Fsp3) is 0.600. The molecule has 142 valence electrons. The number of hydrogen-bond donors (Lipinski definition) is 2. The van der Waals surface area contributed by atoms with Crippen LogP contribution in [-0.2, 0) is 16.0 Å². The van der Waals surface area contributed by atoms with E-state index < -0.39 is 5.41 Å². The lowest BCUT2D eigenvalue weighted by molar-refractivity contribution is -0.148. The first-order valence-corrected chi connectivity index (χ1v) is 9.19. The Kier molecular flexibility index (Phi) is 4.97. The van der Waals surface area contributed by atoms with Gasteiger partial charge in [-0.05, 0) is 35.8 Å². The van der Waals surface area contributed by atoms with Crippen molar-refractivity contribution in [3.8, 4) is 5.75 Å². The molecule has 26 heavy (non-hydrogen) atoms. The van der Waals surface area contributed by atoms with E-state index in [1.54, 1.807) is 7.11 Å². The molecule has 6 nitrogen and oxygen atoms in total. The molecule has 1 aromatic rings. The highest BCUT2D eigenvalue weighted by Crippen LogP contribution is 2.62. The lowest BCUT2D eigenvalue weighted by atomic mass is 9.48. The number of nitrogens with zero attached hydrogens (tertiary/aromatic N) is 1. The Morgan fingerprint density at radius 1 is 1.35 bits per heavy atom. The van der Waals surface area contributed by atoms with E-state index in [1.807, 2.05) is 24.3 Å². The van der Waals surface area contributed by atoms with E-state index in [2.05, 4.69) is 24.1 Å². The third-order valence-corrected chi connectivity index (χ3v) is 6.09. The van der Waals surface area contributed by atoms with Gasteiger partial charge in [-0.1, -0.05) is 32.0 Å². The number of fused-ring (bicyclic) bond motifs is 1. The van der Waals surface area contributed by atoms with Crippen molar-refractivity contribution in [1.29, 1.82) is 0 Å². The van der Waals surface area contributed by atoms with Gasteiger partial charge >= 0.3 is 0 Å². The molecule has 0 aromatic heterocycles. The maximum absolute atomic E-state index is 12.3. The van der Waals surface area contributed by atoms with Crippen LogP contribution in [0.4, 0.5) is 0 Å². The predicted octanol–water partition coefficient (Wildman–Crippen LogP) is 1.19. The minimum Gasteiger partial charge on any atom is -0.496 e. The van der Waals surface area contributed by atoms with Crippen LogP contribution in [0.3, 0.4) is 0 Å². The first-order chi connectivity index (χ1) is 12.3. The summed E-state index contributed by atoms with van der Waals surface area (Å²) in [4.78, 5) is 26.4. The lowest BCUT2D eigenvalue weighted by Gasteiger charge is -2.54. The zero-order valence-corrected chi connectivity index (χ0v) is 15.9. The average molecular weight is 359 g/mol. The standard InChI is InChI=1S/C20H29N3O3/c1-19(2)12-20(18(21)25)13-23(10-16(19)20)11-17(24)22-9-8-14-6-4-5-7-15(14)26-3/h4-7,16H,8-13H2,1-3H3,(H2,21,25)(H,22,24)/t16-,20+/m1/s1. The van der Waals surface area contributed by atoms with E-state index in [1.165, 1.54) is 0 Å². The van der Waals surface area contributed by atoms with E-state index in [-0.39, 0.29) is 23.1 Å². The summed E-state index contributed by atoms with van der Waals surface area (Å²) in [5, 5.41) is 2.97. The minimum absolute atomic E-state index is 0.0152. The van der Waals surface area contributed by atoms with Gasteiger partial charge in [0.2, 0.25) is 11.8 Å². The summed E-state index contributed by atoms with van der Waals surface area (Å²) < 4.78 is 5.33. The van der Waals surface area contributed by atoms with E-state index in [4.69, 9.17) is 10.5 Å². The van der Waals surface area contributed by atoms with Crippen molar-refractivity contribution in [2.45, 2.75) is 26.7 Å². The van der Waals surface area contributed by atoms with Crippen molar-refractivity contribution in [2.75, 3.05) is 33.3 Å². The number of ether oxygens (including phenoxy) is 1. The molecular formula is C20H29N3O3. The summed E-state index contributed by atoms with van der Waals surface area (Å²) in [6.45, 7) is 6.58. The molecule has 1 aromatic carbocycles. The molecule has 3 rings (SSSR count). The van der Waals surface area contributed by atoms with Gasteiger partial charge < -0.3 is 15.8 Å². The molecule has 2 fully saturated rings. The zero-order chi connectivity index (χ0) is 18.9. The van der Waals surface area contributed by atoms with Crippen molar-refractivity contribution in [1.82, 2.24) is 10.2 Å². The molecule has 1 saturated heterocycles. The number of carbonyl (C=O) groups excluding carboxylic acids is 2. The second-order valence-electron chi connectivity index (χ2n) is 8.32. The molecule has 2 amide bonds. The van der Waals surface area contributed by atoms with Crippen LogP contribution in [0.2, 0.25) is 0 Å². The third-order valence-electron chi connectivity index (χ3n) is 6.09. The number of amides is 2. The third kappa shape index (κ3) is 3.30. The van der Waals surface area contributed by atoms with Crippen LogP contribution in [-0.4, -0.2) is 50.0 Å². The molecule has 0 radical (unpaired) electrons. The number of likely N-dealkylation sites (tertiary alicyclic amines) is 1. The van der Waals surface area contributed by atoms with Crippen LogP contribution in [0.1, 0.15) is 25.8 Å². The molecule has 1 aliphatic heterocycles. The van der Waals surface area contributed by atoms with Gasteiger partial charge in [0.05, 0.1) is 19.1 Å². The summed E-state index contributed by atoms with van der Waals surface area (Å²) in [6.07, 6.45) is 1.53. The van der Waals surface area contributed by atoms with E-state index in [9.17, 15) is 9.59 Å². The quantitative estimate of drug-likeness (QED) is 0.766. The molecule has 2 aliphatic rings. The smallest absolute Gasteiger partial charge is 0.234 e. The van der Waals surface area contributed by atoms with Gasteiger partial charge in [0, 0.05) is 19.6 Å². The highest BCUT2D eigenvalue weighted by molar-refractivity contribution is 5.84. The molecule has 2 atom stereocenters. The largest absolute Gasteiger partial charge is 0.496 e. The number of hydrogen-bond acceptors (Lipinski definition) is 4. The Morgan fingerprint density at radius 2 is 2.08 bits per heavy atom. The Labute approximate surface area is 155 Å². The van der Waals surface area contributed by atoms with Crippen molar-refractivity contribution < 1.29 is 14.3 Å². The first-order valence-electron chi connectivity index (χ1n) is 9.19. The molecule has 0 unspecified atom stereocenters. The summed E-state index contributed by atoms with van der Waals surface area (Å²) >= 11 is 0. The summed E-state index contributed by atoms with van der Waals surface area (Å²) in [5.74, 6) is 0.844. The van der Waals surface area contributed by atoms with Crippen LogP contribution >= 0.6 is 0 Å². The number of rotatable bonds is 7. The predicted molar refractivity (Wildman–Crippen MR) is 99.7 cm³/mol. The first kappa shape index (κ1) is 18.7. The molecule has 0 bridgehead atoms. The van der Waals surface area contributed by atoms with Crippen molar-refractivity contribution in [3.05, 3.63) is 29.8 Å². The Balaban J connectivity index is 1.49. The SMILES string of the molecule is COc1ccccc1CCNC(=O)CN1C[C@@H]2C(C)(C)C[C@]2(C(N)=O)C1. The molecule has 6 heteroatoms. The fourth-order valence-electron chi connectivity index (χ4n) is 4.95. The Bertz CT molecular complexity index is 703. The number of nitrogens with one attached hydrogen (secondary N) is 1. The summed E-state index contributed by atoms with van der Waals surface area (Å²) in [7, 11) is 1.65. The van der Waals surface area contributed by atoms with E-state index >= 15 is 0 Å². The van der Waals surface area contributed by atoms with Crippen LogP contribution in [0.15, 0.2) is 24.3 Å². The van der Waals surface area contributed by atoms with Gasteiger partial charge in [0.1, 0.15) is 5.75 Å². The molecule has 1 aliphatic carbocycles. The zero-order valence-electron chi connectivity index (χ0n) is 15.9. The van der Waals surface area contributed by atoms with Gasteiger partial charge in [0.25, 0.3) is 0 Å². The molecule has 0 spiro atoms. The summed E-state index contributed by atoms with van der Waals surface area (Å²) in [6, 6.07) is 7.81. The van der Waals surface area contributed by atoms with Crippen molar-refractivity contribution in [3.63, 3.8) is 0 Å².